The minimum atomic E-state index is 0.290. The summed E-state index contributed by atoms with van der Waals surface area (Å²) in [6.07, 6.45) is 7.65. The van der Waals surface area contributed by atoms with Crippen LogP contribution < -0.4 is 10.1 Å². The van der Waals surface area contributed by atoms with E-state index in [1.165, 1.54) is 27.9 Å². The zero-order chi connectivity index (χ0) is 26.1. The van der Waals surface area contributed by atoms with Crippen LogP contribution in [0.4, 0.5) is 11.4 Å². The van der Waals surface area contributed by atoms with Gasteiger partial charge in [0.25, 0.3) is 0 Å². The molecule has 0 fully saturated rings. The minimum Gasteiger partial charge on any atom is -0.487 e. The fourth-order valence-corrected chi connectivity index (χ4v) is 6.06. The molecule has 0 aromatic heterocycles. The van der Waals surface area contributed by atoms with Crippen LogP contribution in [0.2, 0.25) is 5.02 Å². The Kier molecular flexibility index (Phi) is 6.78. The molecule has 6 rings (SSSR count). The van der Waals surface area contributed by atoms with Gasteiger partial charge in [-0.05, 0) is 84.8 Å². The number of fused-ring (bicyclic) bond motifs is 3. The van der Waals surface area contributed by atoms with Crippen molar-refractivity contribution in [3.63, 3.8) is 0 Å². The highest BCUT2D eigenvalue weighted by Crippen LogP contribution is 2.49. The maximum Gasteiger partial charge on any atom is 0.138 e. The van der Waals surface area contributed by atoms with Crippen molar-refractivity contribution in [2.24, 2.45) is 10.9 Å². The molecule has 4 aromatic rings. The summed E-state index contributed by atoms with van der Waals surface area (Å²) in [5, 5.41) is 4.38. The molecule has 1 aliphatic carbocycles. The zero-order valence-electron chi connectivity index (χ0n) is 21.7. The standard InChI is InChI=1S/C34H31ClN2O/c1-22-16-23(2)18-25(17-22)21-38-33-15-10-24(19-31(33)35)20-36-27-13-11-26(12-14-27)34-30-8-5-7-28(30)29-6-3-4-9-32(29)37-34/h3-7,9-20,28,30,34,37H,8,21H2,1-2H3/t28-,30+,34+/m1/s1. The molecule has 38 heavy (non-hydrogen) atoms. The van der Waals surface area contributed by atoms with E-state index in [1.807, 2.05) is 24.4 Å². The number of halogens is 1. The lowest BCUT2D eigenvalue weighted by atomic mass is 9.77. The highest BCUT2D eigenvalue weighted by molar-refractivity contribution is 6.32. The molecule has 0 unspecified atom stereocenters. The lowest BCUT2D eigenvalue weighted by Crippen LogP contribution is -2.28. The molecule has 2 aliphatic rings. The number of rotatable bonds is 6. The number of hydrogen-bond acceptors (Lipinski definition) is 3. The second-order valence-electron chi connectivity index (χ2n) is 10.4. The van der Waals surface area contributed by atoms with Crippen LogP contribution in [-0.4, -0.2) is 6.21 Å². The molecule has 3 nitrogen and oxygen atoms in total. The maximum atomic E-state index is 6.53. The SMILES string of the molecule is Cc1cc(C)cc(COc2ccc(C=Nc3ccc([C@@H]4Nc5ccccc5[C@H]5C=CC[C@@H]54)cc3)cc2Cl)c1. The van der Waals surface area contributed by atoms with Crippen molar-refractivity contribution in [1.29, 1.82) is 0 Å². The van der Waals surface area contributed by atoms with Gasteiger partial charge < -0.3 is 10.1 Å². The average molecular weight is 519 g/mol. The third-order valence-electron chi connectivity index (χ3n) is 7.52. The number of benzene rings is 4. The lowest BCUT2D eigenvalue weighted by molar-refractivity contribution is 0.306. The Morgan fingerprint density at radius 3 is 2.53 bits per heavy atom. The topological polar surface area (TPSA) is 33.6 Å². The number of hydrogen-bond donors (Lipinski definition) is 1. The lowest BCUT2D eigenvalue weighted by Gasteiger charge is -2.37. The molecule has 1 heterocycles. The van der Waals surface area contributed by atoms with Gasteiger partial charge in [-0.25, -0.2) is 0 Å². The monoisotopic (exact) mass is 518 g/mol. The van der Waals surface area contributed by atoms with Gasteiger partial charge in [0, 0.05) is 17.8 Å². The summed E-state index contributed by atoms with van der Waals surface area (Å²) in [4.78, 5) is 4.69. The fraction of sp³-hybridized carbons (Fsp3) is 0.206. The highest BCUT2D eigenvalue weighted by atomic mass is 35.5. The third-order valence-corrected chi connectivity index (χ3v) is 7.81. The van der Waals surface area contributed by atoms with E-state index in [1.54, 1.807) is 0 Å². The molecule has 0 radical (unpaired) electrons. The predicted molar refractivity (Wildman–Crippen MR) is 158 cm³/mol. The molecule has 1 aliphatic heterocycles. The summed E-state index contributed by atoms with van der Waals surface area (Å²) in [5.41, 5.74) is 9.39. The molecule has 0 amide bonds. The highest BCUT2D eigenvalue weighted by Gasteiger charge is 2.37. The molecule has 4 aromatic carbocycles. The zero-order valence-corrected chi connectivity index (χ0v) is 22.5. The Labute approximate surface area is 229 Å². The van der Waals surface area contributed by atoms with E-state index in [4.69, 9.17) is 21.3 Å². The summed E-state index contributed by atoms with van der Waals surface area (Å²) < 4.78 is 5.99. The normalized spacial score (nSPS) is 19.7. The first-order chi connectivity index (χ1) is 18.5. The number of allylic oxidation sites excluding steroid dienone is 2. The Bertz CT molecular complexity index is 1500. The first-order valence-corrected chi connectivity index (χ1v) is 13.6. The summed E-state index contributed by atoms with van der Waals surface area (Å²) >= 11 is 6.53. The quantitative estimate of drug-likeness (QED) is 0.204. The Balaban J connectivity index is 1.12. The Morgan fingerprint density at radius 2 is 1.74 bits per heavy atom. The molecular weight excluding hydrogens is 488 g/mol. The summed E-state index contributed by atoms with van der Waals surface area (Å²) in [7, 11) is 0. The molecule has 190 valence electrons. The number of nitrogens with zero attached hydrogens (tertiary/aromatic N) is 1. The smallest absolute Gasteiger partial charge is 0.138 e. The van der Waals surface area contributed by atoms with Gasteiger partial charge in [0.2, 0.25) is 0 Å². The van der Waals surface area contributed by atoms with Crippen molar-refractivity contribution >= 4 is 29.2 Å². The number of anilines is 1. The third kappa shape index (κ3) is 5.12. The van der Waals surface area contributed by atoms with E-state index >= 15 is 0 Å². The van der Waals surface area contributed by atoms with Crippen LogP contribution in [0.3, 0.4) is 0 Å². The van der Waals surface area contributed by atoms with Crippen molar-refractivity contribution in [1.82, 2.24) is 0 Å². The van der Waals surface area contributed by atoms with Gasteiger partial charge in [0.1, 0.15) is 12.4 Å². The van der Waals surface area contributed by atoms with Gasteiger partial charge in [-0.2, -0.15) is 0 Å². The first-order valence-electron chi connectivity index (χ1n) is 13.2. The van der Waals surface area contributed by atoms with E-state index in [2.05, 4.69) is 98.0 Å². The molecular formula is C34H31ClN2O. The molecule has 0 saturated heterocycles. The van der Waals surface area contributed by atoms with E-state index in [0.717, 1.165) is 23.2 Å². The van der Waals surface area contributed by atoms with Crippen LogP contribution in [0.15, 0.2) is 102 Å². The van der Waals surface area contributed by atoms with Crippen molar-refractivity contribution in [2.75, 3.05) is 5.32 Å². The second-order valence-corrected chi connectivity index (χ2v) is 10.8. The van der Waals surface area contributed by atoms with Crippen LogP contribution in [0, 0.1) is 19.8 Å². The van der Waals surface area contributed by atoms with Crippen molar-refractivity contribution in [3.05, 3.63) is 135 Å². The van der Waals surface area contributed by atoms with Gasteiger partial charge in [-0.15, -0.1) is 0 Å². The van der Waals surface area contributed by atoms with E-state index in [0.29, 0.717) is 29.2 Å². The molecule has 3 atom stereocenters. The largest absolute Gasteiger partial charge is 0.487 e. The van der Waals surface area contributed by atoms with Crippen LogP contribution in [0.1, 0.15) is 51.8 Å². The van der Waals surface area contributed by atoms with Gasteiger partial charge in [-0.1, -0.05) is 83.4 Å². The van der Waals surface area contributed by atoms with Crippen LogP contribution >= 0.6 is 11.6 Å². The average Bonchev–Trinajstić information content (AvgIpc) is 3.41. The molecule has 1 N–H and O–H groups in total. The van der Waals surface area contributed by atoms with E-state index < -0.39 is 0 Å². The van der Waals surface area contributed by atoms with Crippen molar-refractivity contribution < 1.29 is 4.74 Å². The van der Waals surface area contributed by atoms with Gasteiger partial charge in [0.15, 0.2) is 0 Å². The Morgan fingerprint density at radius 1 is 0.947 bits per heavy atom. The van der Waals surface area contributed by atoms with Gasteiger partial charge in [0.05, 0.1) is 16.8 Å². The predicted octanol–water partition coefficient (Wildman–Crippen LogP) is 9.11. The number of aliphatic imine (C=N–C) groups is 1. The van der Waals surface area contributed by atoms with E-state index in [9.17, 15) is 0 Å². The number of nitrogens with one attached hydrogen (secondary N) is 1. The first kappa shape index (κ1) is 24.5. The molecule has 0 bridgehead atoms. The number of para-hydroxylation sites is 1. The minimum absolute atomic E-state index is 0.290. The second kappa shape index (κ2) is 10.5. The van der Waals surface area contributed by atoms with Crippen LogP contribution in [-0.2, 0) is 6.61 Å². The Hall–Kier alpha value is -3.82. The fourth-order valence-electron chi connectivity index (χ4n) is 5.82. The number of aryl methyl sites for hydroxylation is 2. The van der Waals surface area contributed by atoms with Crippen LogP contribution in [0.25, 0.3) is 0 Å². The van der Waals surface area contributed by atoms with Crippen molar-refractivity contribution in [3.8, 4) is 5.75 Å². The van der Waals surface area contributed by atoms with E-state index in [-0.39, 0.29) is 6.04 Å². The number of ether oxygens (including phenoxy) is 1. The summed E-state index contributed by atoms with van der Waals surface area (Å²) in [6.45, 7) is 4.68. The summed E-state index contributed by atoms with van der Waals surface area (Å²) in [5.74, 6) is 1.69. The van der Waals surface area contributed by atoms with Crippen molar-refractivity contribution in [2.45, 2.75) is 38.8 Å². The molecule has 0 saturated carbocycles. The molecule has 4 heteroatoms. The van der Waals surface area contributed by atoms with Crippen LogP contribution in [0.5, 0.6) is 5.75 Å². The van der Waals surface area contributed by atoms with Gasteiger partial charge >= 0.3 is 0 Å². The maximum absolute atomic E-state index is 6.53. The molecule has 0 spiro atoms. The summed E-state index contributed by atoms with van der Waals surface area (Å²) in [6, 6.07) is 29.8. The van der Waals surface area contributed by atoms with Gasteiger partial charge in [-0.3, -0.25) is 4.99 Å².